The van der Waals surface area contributed by atoms with E-state index < -0.39 is 0 Å². The zero-order valence-corrected chi connectivity index (χ0v) is 12.3. The van der Waals surface area contributed by atoms with Crippen LogP contribution in [0.4, 0.5) is 0 Å². The number of benzene rings is 1. The Morgan fingerprint density at radius 2 is 1.37 bits per heavy atom. The van der Waals surface area contributed by atoms with Crippen LogP contribution in [-0.4, -0.2) is 0 Å². The summed E-state index contributed by atoms with van der Waals surface area (Å²) >= 11 is 0. The van der Waals surface area contributed by atoms with Crippen LogP contribution in [0.3, 0.4) is 0 Å². The molecule has 19 heavy (non-hydrogen) atoms. The van der Waals surface area contributed by atoms with Crippen LogP contribution in [0, 0.1) is 11.8 Å². The molecule has 1 saturated carbocycles. The Morgan fingerprint density at radius 1 is 0.842 bits per heavy atom. The molecule has 0 aliphatic heterocycles. The lowest BCUT2D eigenvalue weighted by molar-refractivity contribution is 0.335. The summed E-state index contributed by atoms with van der Waals surface area (Å²) in [7, 11) is 0. The second-order valence-electron chi connectivity index (χ2n) is 5.95. The minimum absolute atomic E-state index is 0.659. The van der Waals surface area contributed by atoms with Gasteiger partial charge in [0.2, 0.25) is 0 Å². The zero-order chi connectivity index (χ0) is 13.5. The van der Waals surface area contributed by atoms with Crippen LogP contribution in [0.25, 0.3) is 0 Å². The Morgan fingerprint density at radius 3 is 1.79 bits per heavy atom. The van der Waals surface area contributed by atoms with Gasteiger partial charge in [0.25, 0.3) is 0 Å². The first-order valence-electron chi connectivity index (χ1n) is 7.67. The summed E-state index contributed by atoms with van der Waals surface area (Å²) in [4.78, 5) is 0. The van der Waals surface area contributed by atoms with Gasteiger partial charge in [-0.1, -0.05) is 81.3 Å². The number of allylic oxidation sites excluding steroid dienone is 4. The van der Waals surface area contributed by atoms with Crippen molar-refractivity contribution in [1.82, 2.24) is 0 Å². The average Bonchev–Trinajstić information content (AvgIpc) is 2.49. The number of hydrogen-bond donors (Lipinski definition) is 0. The highest BCUT2D eigenvalue weighted by Gasteiger charge is 2.21. The van der Waals surface area contributed by atoms with E-state index >= 15 is 0 Å². The lowest BCUT2D eigenvalue weighted by Gasteiger charge is -2.28. The first kappa shape index (κ1) is 14.1. The Balaban J connectivity index is 0.000000141. The van der Waals surface area contributed by atoms with E-state index in [2.05, 4.69) is 62.4 Å². The zero-order valence-electron chi connectivity index (χ0n) is 12.3. The van der Waals surface area contributed by atoms with Gasteiger partial charge < -0.3 is 0 Å². The molecule has 0 spiro atoms. The second-order valence-corrected chi connectivity index (χ2v) is 5.95. The summed E-state index contributed by atoms with van der Waals surface area (Å²) in [6, 6.07) is 10.5. The first-order valence-corrected chi connectivity index (χ1v) is 7.67. The summed E-state index contributed by atoms with van der Waals surface area (Å²) in [5.41, 5.74) is 1.41. The van der Waals surface area contributed by atoms with Crippen LogP contribution in [0.15, 0.2) is 54.6 Å². The topological polar surface area (TPSA) is 0 Å². The molecule has 0 amide bonds. The second kappa shape index (κ2) is 7.33. The molecule has 0 bridgehead atoms. The van der Waals surface area contributed by atoms with E-state index in [9.17, 15) is 0 Å². The molecule has 3 rings (SSSR count). The largest absolute Gasteiger partial charge is 0.0808 e. The van der Waals surface area contributed by atoms with Crippen LogP contribution >= 0.6 is 0 Å². The predicted octanol–water partition coefficient (Wildman–Crippen LogP) is 5.73. The molecular formula is C19H26. The Labute approximate surface area is 118 Å². The van der Waals surface area contributed by atoms with Crippen molar-refractivity contribution in [2.45, 2.75) is 45.4 Å². The molecule has 0 heteroatoms. The summed E-state index contributed by atoms with van der Waals surface area (Å²) in [5, 5.41) is 0. The van der Waals surface area contributed by atoms with Gasteiger partial charge in [-0.15, -0.1) is 0 Å². The molecular weight excluding hydrogens is 228 g/mol. The maximum absolute atomic E-state index is 2.38. The molecule has 1 aromatic carbocycles. The monoisotopic (exact) mass is 254 g/mol. The van der Waals surface area contributed by atoms with E-state index in [0.717, 1.165) is 11.8 Å². The minimum atomic E-state index is 0.659. The smallest absolute Gasteiger partial charge is 0.0167 e. The van der Waals surface area contributed by atoms with Crippen LogP contribution in [-0.2, 0) is 0 Å². The molecule has 0 aromatic heterocycles. The van der Waals surface area contributed by atoms with Crippen molar-refractivity contribution in [3.8, 4) is 0 Å². The van der Waals surface area contributed by atoms with Crippen molar-refractivity contribution in [3.05, 3.63) is 60.2 Å². The highest BCUT2D eigenvalue weighted by molar-refractivity contribution is 5.17. The molecule has 2 aliphatic rings. The van der Waals surface area contributed by atoms with Gasteiger partial charge in [-0.2, -0.15) is 0 Å². The van der Waals surface area contributed by atoms with E-state index in [1.807, 2.05) is 6.07 Å². The van der Waals surface area contributed by atoms with Crippen LogP contribution in [0.2, 0.25) is 0 Å². The summed E-state index contributed by atoms with van der Waals surface area (Å²) in [6.45, 7) is 4.41. The maximum atomic E-state index is 2.38. The molecule has 2 unspecified atom stereocenters. The van der Waals surface area contributed by atoms with Crippen LogP contribution in [0.5, 0.6) is 0 Å². The standard InChI is InChI=1S/C10H14.C9H12/c1-2-6-10-8-4-3-7-9(10)5-1;1-8(2)9-6-4-3-5-7-9/h1-2,5-6,9-10H,3-4,7-8H2;3-8H,1-2H3. The van der Waals surface area contributed by atoms with Gasteiger partial charge in [-0.05, 0) is 36.2 Å². The number of rotatable bonds is 1. The van der Waals surface area contributed by atoms with Gasteiger partial charge in [0.1, 0.15) is 0 Å². The van der Waals surface area contributed by atoms with Crippen molar-refractivity contribution in [1.29, 1.82) is 0 Å². The third-order valence-corrected chi connectivity index (χ3v) is 4.17. The molecule has 1 fully saturated rings. The lowest BCUT2D eigenvalue weighted by Crippen LogP contribution is -2.16. The molecule has 102 valence electrons. The van der Waals surface area contributed by atoms with Gasteiger partial charge in [0.15, 0.2) is 0 Å². The van der Waals surface area contributed by atoms with E-state index in [-0.39, 0.29) is 0 Å². The fourth-order valence-electron chi connectivity index (χ4n) is 2.92. The molecule has 0 nitrogen and oxygen atoms in total. The third kappa shape index (κ3) is 4.38. The Kier molecular flexibility index (Phi) is 5.44. The predicted molar refractivity (Wildman–Crippen MR) is 84.3 cm³/mol. The average molecular weight is 254 g/mol. The quantitative estimate of drug-likeness (QED) is 0.600. The van der Waals surface area contributed by atoms with Crippen molar-refractivity contribution < 1.29 is 0 Å². The van der Waals surface area contributed by atoms with Crippen molar-refractivity contribution >= 4 is 0 Å². The first-order chi connectivity index (χ1) is 9.27. The van der Waals surface area contributed by atoms with Gasteiger partial charge in [0.05, 0.1) is 0 Å². The van der Waals surface area contributed by atoms with E-state index in [1.54, 1.807) is 0 Å². The van der Waals surface area contributed by atoms with E-state index in [0.29, 0.717) is 5.92 Å². The maximum Gasteiger partial charge on any atom is -0.0167 e. The summed E-state index contributed by atoms with van der Waals surface area (Å²) in [6.07, 6.45) is 14.9. The van der Waals surface area contributed by atoms with Gasteiger partial charge >= 0.3 is 0 Å². The third-order valence-electron chi connectivity index (χ3n) is 4.17. The fraction of sp³-hybridized carbons (Fsp3) is 0.474. The van der Waals surface area contributed by atoms with Gasteiger partial charge in [0, 0.05) is 0 Å². The Hall–Kier alpha value is -1.30. The minimum Gasteiger partial charge on any atom is -0.0808 e. The highest BCUT2D eigenvalue weighted by Crippen LogP contribution is 2.33. The molecule has 0 N–H and O–H groups in total. The molecule has 2 aliphatic carbocycles. The summed E-state index contributed by atoms with van der Waals surface area (Å²) < 4.78 is 0. The van der Waals surface area contributed by atoms with Crippen molar-refractivity contribution in [2.75, 3.05) is 0 Å². The van der Waals surface area contributed by atoms with Gasteiger partial charge in [-0.25, -0.2) is 0 Å². The Bertz CT molecular complexity index is 391. The van der Waals surface area contributed by atoms with Crippen LogP contribution < -0.4 is 0 Å². The van der Waals surface area contributed by atoms with E-state index in [4.69, 9.17) is 0 Å². The van der Waals surface area contributed by atoms with E-state index in [1.165, 1.54) is 31.2 Å². The molecule has 0 radical (unpaired) electrons. The van der Waals surface area contributed by atoms with Crippen molar-refractivity contribution in [3.63, 3.8) is 0 Å². The van der Waals surface area contributed by atoms with Gasteiger partial charge in [-0.3, -0.25) is 0 Å². The summed E-state index contributed by atoms with van der Waals surface area (Å²) in [5.74, 6) is 2.43. The normalized spacial score (nSPS) is 24.6. The molecule has 2 atom stereocenters. The molecule has 0 saturated heterocycles. The lowest BCUT2D eigenvalue weighted by atomic mass is 9.77. The number of fused-ring (bicyclic) bond motifs is 1. The number of hydrogen-bond acceptors (Lipinski definition) is 0. The fourth-order valence-corrected chi connectivity index (χ4v) is 2.92. The molecule has 1 aromatic rings. The van der Waals surface area contributed by atoms with Crippen LogP contribution in [0.1, 0.15) is 51.0 Å². The molecule has 0 heterocycles. The highest BCUT2D eigenvalue weighted by atomic mass is 14.3. The van der Waals surface area contributed by atoms with Crippen molar-refractivity contribution in [2.24, 2.45) is 11.8 Å². The SMILES string of the molecule is C1=CC2CCCCC2C=C1.CC(C)c1ccccc1.